The smallest absolute Gasteiger partial charge is 0.203 e. The molecule has 148 valence electrons. The van der Waals surface area contributed by atoms with Crippen LogP contribution in [0.5, 0.6) is 17.2 Å². The van der Waals surface area contributed by atoms with Gasteiger partial charge in [0.15, 0.2) is 11.5 Å². The van der Waals surface area contributed by atoms with Crippen molar-refractivity contribution in [3.63, 3.8) is 0 Å². The molecule has 0 amide bonds. The molecule has 29 heavy (non-hydrogen) atoms. The Hall–Kier alpha value is -2.76. The van der Waals surface area contributed by atoms with Gasteiger partial charge in [-0.1, -0.05) is 65.8 Å². The van der Waals surface area contributed by atoms with E-state index in [2.05, 4.69) is 23.2 Å². The molecule has 0 saturated carbocycles. The van der Waals surface area contributed by atoms with E-state index in [1.165, 1.54) is 0 Å². The highest BCUT2D eigenvalue weighted by Crippen LogP contribution is 2.47. The van der Waals surface area contributed by atoms with Crippen molar-refractivity contribution in [1.29, 1.82) is 0 Å². The van der Waals surface area contributed by atoms with Gasteiger partial charge in [-0.15, -0.1) is 0 Å². The van der Waals surface area contributed by atoms with Crippen LogP contribution in [0, 0.1) is 0 Å². The first-order valence-corrected chi connectivity index (χ1v) is 10.2. The van der Waals surface area contributed by atoms with E-state index in [9.17, 15) is 0 Å². The molecular weight excluding hydrogens is 406 g/mol. The molecule has 6 heteroatoms. The second-order valence-electron chi connectivity index (χ2n) is 6.32. The van der Waals surface area contributed by atoms with E-state index in [0.29, 0.717) is 22.3 Å². The van der Waals surface area contributed by atoms with Crippen molar-refractivity contribution in [2.24, 2.45) is 0 Å². The second kappa shape index (κ2) is 8.31. The van der Waals surface area contributed by atoms with Crippen LogP contribution < -0.4 is 14.2 Å². The Labute approximate surface area is 178 Å². The monoisotopic (exact) mass is 425 g/mol. The summed E-state index contributed by atoms with van der Waals surface area (Å²) < 4.78 is 16.5. The number of aromatic nitrogens is 1. The number of fused-ring (bicyclic) bond motifs is 1. The molecule has 4 rings (SSSR count). The lowest BCUT2D eigenvalue weighted by Gasteiger charge is -2.14. The number of ether oxygens (including phenoxy) is 3. The minimum absolute atomic E-state index is 0.574. The minimum Gasteiger partial charge on any atom is -0.493 e. The average molecular weight is 426 g/mol. The van der Waals surface area contributed by atoms with Crippen LogP contribution in [0.2, 0.25) is 5.02 Å². The van der Waals surface area contributed by atoms with E-state index in [1.54, 1.807) is 33.1 Å². The molecule has 0 bridgehead atoms. The summed E-state index contributed by atoms with van der Waals surface area (Å²) in [5, 5.41) is 1.76. The van der Waals surface area contributed by atoms with Gasteiger partial charge in [-0.3, -0.25) is 0 Å². The SMILES string of the molecule is COc1cc(Sc2c(-c3ccccc3)[nH]c3c(Cl)cccc23)cc(OC)c1OC. The van der Waals surface area contributed by atoms with Gasteiger partial charge in [0, 0.05) is 15.2 Å². The lowest BCUT2D eigenvalue weighted by atomic mass is 10.1. The summed E-state index contributed by atoms with van der Waals surface area (Å²) in [6.45, 7) is 0. The normalized spacial score (nSPS) is 10.9. The minimum atomic E-state index is 0.574. The fourth-order valence-electron chi connectivity index (χ4n) is 3.30. The summed E-state index contributed by atoms with van der Waals surface area (Å²) in [6, 6.07) is 20.0. The summed E-state index contributed by atoms with van der Waals surface area (Å²) in [6.07, 6.45) is 0. The third-order valence-electron chi connectivity index (χ3n) is 4.66. The molecule has 4 nitrogen and oxygen atoms in total. The van der Waals surface area contributed by atoms with Gasteiger partial charge in [0.25, 0.3) is 0 Å². The number of nitrogens with one attached hydrogen (secondary N) is 1. The molecule has 4 aromatic rings. The predicted octanol–water partition coefficient (Wildman–Crippen LogP) is 6.67. The standard InChI is InChI=1S/C23H20ClNO3S/c1-26-18-12-15(13-19(27-2)22(18)28-3)29-23-16-10-7-11-17(24)21(16)25-20(23)14-8-5-4-6-9-14/h4-13,25H,1-3H3. The van der Waals surface area contributed by atoms with Gasteiger partial charge in [-0.25, -0.2) is 0 Å². The van der Waals surface area contributed by atoms with Gasteiger partial charge in [0.2, 0.25) is 5.75 Å². The molecule has 0 unspecified atom stereocenters. The topological polar surface area (TPSA) is 43.5 Å². The van der Waals surface area contributed by atoms with Gasteiger partial charge in [0.1, 0.15) is 0 Å². The predicted molar refractivity (Wildman–Crippen MR) is 119 cm³/mol. The summed E-state index contributed by atoms with van der Waals surface area (Å²) >= 11 is 8.10. The molecule has 0 radical (unpaired) electrons. The van der Waals surface area contributed by atoms with Crippen molar-refractivity contribution in [3.8, 4) is 28.5 Å². The third kappa shape index (κ3) is 3.63. The molecule has 0 saturated heterocycles. The highest BCUT2D eigenvalue weighted by atomic mass is 35.5. The Kier molecular flexibility index (Phi) is 5.60. The summed E-state index contributed by atoms with van der Waals surface area (Å²) in [5.74, 6) is 1.81. The highest BCUT2D eigenvalue weighted by Gasteiger charge is 2.19. The van der Waals surface area contributed by atoms with E-state index >= 15 is 0 Å². The second-order valence-corrected chi connectivity index (χ2v) is 7.81. The van der Waals surface area contributed by atoms with E-state index in [0.717, 1.165) is 32.0 Å². The quantitative estimate of drug-likeness (QED) is 0.375. The van der Waals surface area contributed by atoms with Gasteiger partial charge in [0.05, 0.1) is 37.6 Å². The third-order valence-corrected chi connectivity index (χ3v) is 6.07. The number of aromatic amines is 1. The summed E-state index contributed by atoms with van der Waals surface area (Å²) in [5.41, 5.74) is 3.03. The molecule has 0 fully saturated rings. The Morgan fingerprint density at radius 2 is 1.52 bits per heavy atom. The molecule has 1 N–H and O–H groups in total. The number of hydrogen-bond acceptors (Lipinski definition) is 4. The van der Waals surface area contributed by atoms with Gasteiger partial charge in [-0.2, -0.15) is 0 Å². The van der Waals surface area contributed by atoms with Crippen LogP contribution in [-0.2, 0) is 0 Å². The van der Waals surface area contributed by atoms with E-state index < -0.39 is 0 Å². The van der Waals surface area contributed by atoms with Crippen LogP contribution in [0.3, 0.4) is 0 Å². The van der Waals surface area contributed by atoms with E-state index in [4.69, 9.17) is 25.8 Å². The van der Waals surface area contributed by atoms with Crippen LogP contribution in [0.15, 0.2) is 70.5 Å². The zero-order chi connectivity index (χ0) is 20.4. The van der Waals surface area contributed by atoms with Crippen molar-refractivity contribution in [2.45, 2.75) is 9.79 Å². The fourth-order valence-corrected chi connectivity index (χ4v) is 4.65. The maximum Gasteiger partial charge on any atom is 0.203 e. The maximum absolute atomic E-state index is 6.47. The molecule has 0 aliphatic carbocycles. The number of para-hydroxylation sites is 1. The Bertz CT molecular complexity index is 1130. The molecule has 0 atom stereocenters. The number of benzene rings is 3. The van der Waals surface area contributed by atoms with Gasteiger partial charge >= 0.3 is 0 Å². The molecular formula is C23H20ClNO3S. The Balaban J connectivity index is 1.89. The lowest BCUT2D eigenvalue weighted by molar-refractivity contribution is 0.323. The van der Waals surface area contributed by atoms with Crippen molar-refractivity contribution < 1.29 is 14.2 Å². The Morgan fingerprint density at radius 3 is 2.14 bits per heavy atom. The van der Waals surface area contributed by atoms with Crippen LogP contribution >= 0.6 is 23.4 Å². The molecule has 1 aromatic heterocycles. The largest absolute Gasteiger partial charge is 0.493 e. The van der Waals surface area contributed by atoms with Crippen LogP contribution in [0.1, 0.15) is 0 Å². The van der Waals surface area contributed by atoms with E-state index in [-0.39, 0.29) is 0 Å². The average Bonchev–Trinajstić information content (AvgIpc) is 3.13. The van der Waals surface area contributed by atoms with Crippen molar-refractivity contribution in [1.82, 2.24) is 4.98 Å². The molecule has 0 aliphatic heterocycles. The van der Waals surface area contributed by atoms with Gasteiger partial charge in [-0.05, 0) is 23.8 Å². The van der Waals surface area contributed by atoms with E-state index in [1.807, 2.05) is 42.5 Å². The zero-order valence-corrected chi connectivity index (χ0v) is 17.9. The molecule has 0 spiro atoms. The first kappa shape index (κ1) is 19.6. The molecule has 1 heterocycles. The first-order chi connectivity index (χ1) is 14.2. The van der Waals surface area contributed by atoms with Gasteiger partial charge < -0.3 is 19.2 Å². The Morgan fingerprint density at radius 1 is 0.828 bits per heavy atom. The van der Waals surface area contributed by atoms with Crippen LogP contribution in [0.25, 0.3) is 22.2 Å². The maximum atomic E-state index is 6.47. The molecule has 0 aliphatic rings. The summed E-state index contributed by atoms with van der Waals surface area (Å²) in [4.78, 5) is 5.56. The van der Waals surface area contributed by atoms with Crippen molar-refractivity contribution in [3.05, 3.63) is 65.7 Å². The number of methoxy groups -OCH3 is 3. The number of hydrogen-bond donors (Lipinski definition) is 1. The highest BCUT2D eigenvalue weighted by molar-refractivity contribution is 7.99. The number of H-pyrrole nitrogens is 1. The van der Waals surface area contributed by atoms with Crippen LogP contribution in [0.4, 0.5) is 0 Å². The molecule has 3 aromatic carbocycles. The van der Waals surface area contributed by atoms with Crippen LogP contribution in [-0.4, -0.2) is 26.3 Å². The number of rotatable bonds is 6. The summed E-state index contributed by atoms with van der Waals surface area (Å²) in [7, 11) is 4.83. The fraction of sp³-hybridized carbons (Fsp3) is 0.130. The lowest BCUT2D eigenvalue weighted by Crippen LogP contribution is -1.95. The first-order valence-electron chi connectivity index (χ1n) is 8.99. The zero-order valence-electron chi connectivity index (χ0n) is 16.3. The van der Waals surface area contributed by atoms with Crippen molar-refractivity contribution in [2.75, 3.05) is 21.3 Å². The van der Waals surface area contributed by atoms with Crippen molar-refractivity contribution >= 4 is 34.3 Å². The number of halogens is 1.